The second kappa shape index (κ2) is 5.26. The van der Waals surface area contributed by atoms with Gasteiger partial charge in [-0.05, 0) is 12.5 Å². The van der Waals surface area contributed by atoms with E-state index in [-0.39, 0.29) is 5.43 Å². The van der Waals surface area contributed by atoms with Crippen molar-refractivity contribution in [3.63, 3.8) is 0 Å². The molecule has 1 heterocycles. The van der Waals surface area contributed by atoms with Crippen LogP contribution in [0.3, 0.4) is 0 Å². The third-order valence-electron chi connectivity index (χ3n) is 2.02. The molecule has 1 aromatic carbocycles. The number of aryl methyl sites for hydroxylation is 1. The first kappa shape index (κ1) is 12.9. The highest BCUT2D eigenvalue weighted by atomic mass is 32.1. The topological polar surface area (TPSA) is 30.2 Å². The highest BCUT2D eigenvalue weighted by molar-refractivity contribution is 7.80. The van der Waals surface area contributed by atoms with Gasteiger partial charge in [0.2, 0.25) is 0 Å². The van der Waals surface area contributed by atoms with Crippen molar-refractivity contribution in [1.82, 2.24) is 0 Å². The van der Waals surface area contributed by atoms with Gasteiger partial charge in [-0.3, -0.25) is 4.79 Å². The molecule has 0 N–H and O–H groups in total. The average Bonchev–Trinajstić information content (AvgIpc) is 2.23. The van der Waals surface area contributed by atoms with Crippen LogP contribution in [0.2, 0.25) is 0 Å². The number of benzene rings is 1. The molecule has 2 rings (SSSR count). The Morgan fingerprint density at radius 2 is 1.88 bits per heavy atom. The van der Waals surface area contributed by atoms with Gasteiger partial charge < -0.3 is 4.42 Å². The van der Waals surface area contributed by atoms with Gasteiger partial charge in [0, 0.05) is 6.07 Å². The molecule has 82 valence electrons. The van der Waals surface area contributed by atoms with E-state index in [9.17, 15) is 4.79 Å². The zero-order valence-electron chi connectivity index (χ0n) is 9.57. The molecule has 0 unspecified atom stereocenters. The normalized spacial score (nSPS) is 9.75. The molecule has 16 heavy (non-hydrogen) atoms. The minimum absolute atomic E-state index is 0.119. The first-order chi connectivity index (χ1) is 7.58. The summed E-state index contributed by atoms with van der Waals surface area (Å²) in [5, 5.41) is 0.815. The molecule has 1 aromatic heterocycles. The Hall–Kier alpha value is -1.16. The van der Waals surface area contributed by atoms with Gasteiger partial charge in [0.25, 0.3) is 0 Å². The highest BCUT2D eigenvalue weighted by Crippen LogP contribution is 2.16. The lowest BCUT2D eigenvalue weighted by Gasteiger charge is -2.03. The third kappa shape index (κ3) is 2.50. The molecule has 4 heteroatoms. The number of hydrogen-bond acceptors (Lipinski definition) is 3. The molecule has 0 bridgehead atoms. The fraction of sp³-hybridized carbons (Fsp3) is 0.250. The lowest BCUT2D eigenvalue weighted by atomic mass is 9.93. The lowest BCUT2D eigenvalue weighted by Crippen LogP contribution is -2.08. The van der Waals surface area contributed by atoms with Crippen molar-refractivity contribution in [2.75, 3.05) is 0 Å². The molecule has 2 nitrogen and oxygen atoms in total. The van der Waals surface area contributed by atoms with Crippen LogP contribution in [0.5, 0.6) is 0 Å². The van der Waals surface area contributed by atoms with Crippen molar-refractivity contribution in [2.24, 2.45) is 0 Å². The van der Waals surface area contributed by atoms with Gasteiger partial charge in [-0.1, -0.05) is 31.4 Å². The molecule has 2 radical (unpaired) electrons. The zero-order chi connectivity index (χ0) is 12.3. The Morgan fingerprint density at radius 1 is 1.25 bits per heavy atom. The lowest BCUT2D eigenvalue weighted by molar-refractivity contribution is 0.500. The van der Waals surface area contributed by atoms with E-state index in [4.69, 9.17) is 12.3 Å². The number of thiol groups is 1. The van der Waals surface area contributed by atoms with Gasteiger partial charge in [-0.15, -0.1) is 12.6 Å². The van der Waals surface area contributed by atoms with Crippen LogP contribution in [0.15, 0.2) is 32.5 Å². The standard InChI is InChI=1S/C10H7BO2S.C2H6/c1-5-2-6(11)3-7-8(12)4-9(14)13-10(5)7;1-2/h2-4,14H,1H3;1-2H3. The van der Waals surface area contributed by atoms with Crippen LogP contribution in [0, 0.1) is 6.92 Å². The summed E-state index contributed by atoms with van der Waals surface area (Å²) < 4.78 is 5.34. The smallest absolute Gasteiger partial charge is 0.193 e. The molecule has 0 aliphatic rings. The Kier molecular flexibility index (Phi) is 4.24. The summed E-state index contributed by atoms with van der Waals surface area (Å²) in [6.45, 7) is 5.84. The van der Waals surface area contributed by atoms with Crippen molar-refractivity contribution < 1.29 is 4.42 Å². The molecule has 0 aliphatic carbocycles. The Morgan fingerprint density at radius 3 is 2.50 bits per heavy atom. The molecule has 0 spiro atoms. The first-order valence-corrected chi connectivity index (χ1v) is 5.55. The Balaban J connectivity index is 0.000000606. The van der Waals surface area contributed by atoms with E-state index < -0.39 is 0 Å². The summed E-state index contributed by atoms with van der Waals surface area (Å²) in [7, 11) is 5.63. The van der Waals surface area contributed by atoms with Crippen molar-refractivity contribution in [1.29, 1.82) is 0 Å². The monoisotopic (exact) mass is 232 g/mol. The minimum Gasteiger partial charge on any atom is -0.450 e. The summed E-state index contributed by atoms with van der Waals surface area (Å²) in [4.78, 5) is 11.5. The van der Waals surface area contributed by atoms with Crippen LogP contribution in [0.25, 0.3) is 11.0 Å². The van der Waals surface area contributed by atoms with E-state index in [1.54, 1.807) is 12.1 Å². The van der Waals surface area contributed by atoms with E-state index in [1.807, 2.05) is 20.8 Å². The predicted molar refractivity (Wildman–Crippen MR) is 71.2 cm³/mol. The van der Waals surface area contributed by atoms with Crippen molar-refractivity contribution in [2.45, 2.75) is 25.9 Å². The number of fused-ring (bicyclic) bond motifs is 1. The molecule has 2 aromatic rings. The highest BCUT2D eigenvalue weighted by Gasteiger charge is 2.05. The molecule has 0 saturated carbocycles. The van der Waals surface area contributed by atoms with Crippen LogP contribution >= 0.6 is 12.6 Å². The second-order valence-corrected chi connectivity index (χ2v) is 3.60. The van der Waals surface area contributed by atoms with E-state index in [2.05, 4.69) is 12.6 Å². The SMILES string of the molecule is CC.[B]c1cc(C)c2oc(S)cc(=O)c2c1. The molecule has 0 atom stereocenters. The Labute approximate surface area is 101 Å². The summed E-state index contributed by atoms with van der Waals surface area (Å²) in [6, 6.07) is 4.71. The molecule has 0 saturated heterocycles. The van der Waals surface area contributed by atoms with Gasteiger partial charge >= 0.3 is 0 Å². The third-order valence-corrected chi connectivity index (χ3v) is 2.24. The Bertz CT molecular complexity index is 561. The zero-order valence-corrected chi connectivity index (χ0v) is 10.5. The number of rotatable bonds is 0. The van der Waals surface area contributed by atoms with Crippen LogP contribution in [0.1, 0.15) is 19.4 Å². The summed E-state index contributed by atoms with van der Waals surface area (Å²) >= 11 is 4.01. The fourth-order valence-corrected chi connectivity index (χ4v) is 1.65. The van der Waals surface area contributed by atoms with Crippen LogP contribution in [-0.4, -0.2) is 7.85 Å². The maximum Gasteiger partial charge on any atom is 0.193 e. The van der Waals surface area contributed by atoms with E-state index in [1.165, 1.54) is 6.07 Å². The summed E-state index contributed by atoms with van der Waals surface area (Å²) in [5.41, 5.74) is 1.84. The van der Waals surface area contributed by atoms with Crippen molar-refractivity contribution >= 4 is 36.9 Å². The van der Waals surface area contributed by atoms with Crippen LogP contribution < -0.4 is 10.9 Å². The van der Waals surface area contributed by atoms with Gasteiger partial charge in [0.1, 0.15) is 13.4 Å². The van der Waals surface area contributed by atoms with Gasteiger partial charge in [-0.2, -0.15) is 0 Å². The average molecular weight is 232 g/mol. The largest absolute Gasteiger partial charge is 0.450 e. The predicted octanol–water partition coefficient (Wildman–Crippen LogP) is 2.21. The summed E-state index contributed by atoms with van der Waals surface area (Å²) in [5.74, 6) is 0. The quantitative estimate of drug-likeness (QED) is 0.557. The first-order valence-electron chi connectivity index (χ1n) is 5.11. The molecule has 0 amide bonds. The molecular formula is C12H13BO2S. The molecular weight excluding hydrogens is 219 g/mol. The van der Waals surface area contributed by atoms with Crippen LogP contribution in [-0.2, 0) is 0 Å². The minimum atomic E-state index is -0.119. The van der Waals surface area contributed by atoms with Gasteiger partial charge in [0.05, 0.1) is 5.39 Å². The van der Waals surface area contributed by atoms with E-state index >= 15 is 0 Å². The number of hydrogen-bond donors (Lipinski definition) is 1. The maximum absolute atomic E-state index is 11.5. The maximum atomic E-state index is 11.5. The fourth-order valence-electron chi connectivity index (χ4n) is 1.44. The van der Waals surface area contributed by atoms with Gasteiger partial charge in [-0.25, -0.2) is 0 Å². The second-order valence-electron chi connectivity index (χ2n) is 3.16. The molecule has 0 aliphatic heterocycles. The van der Waals surface area contributed by atoms with Crippen LogP contribution in [0.4, 0.5) is 0 Å². The van der Waals surface area contributed by atoms with Crippen molar-refractivity contribution in [3.05, 3.63) is 34.0 Å². The molecule has 0 fully saturated rings. The van der Waals surface area contributed by atoms with E-state index in [0.717, 1.165) is 5.56 Å². The van der Waals surface area contributed by atoms with Crippen molar-refractivity contribution in [3.8, 4) is 0 Å². The van der Waals surface area contributed by atoms with Gasteiger partial charge in [0.15, 0.2) is 10.5 Å². The van der Waals surface area contributed by atoms with E-state index in [0.29, 0.717) is 21.5 Å². The summed E-state index contributed by atoms with van der Waals surface area (Å²) in [6.07, 6.45) is 0.